The highest BCUT2D eigenvalue weighted by Crippen LogP contribution is 2.46. The molecule has 0 aromatic heterocycles. The van der Waals surface area contributed by atoms with Crippen molar-refractivity contribution in [1.82, 2.24) is 0 Å². The molecule has 0 rings (SSSR count). The molecule has 0 aliphatic carbocycles. The molecule has 0 unspecified atom stereocenters. The second kappa shape index (κ2) is 4.80. The molecule has 0 aliphatic rings. The zero-order valence-electron chi connectivity index (χ0n) is 3.92. The third kappa shape index (κ3) is 3.87. The molecule has 0 atom stereocenters. The summed E-state index contributed by atoms with van der Waals surface area (Å²) >= 11 is 20.3. The molecule has 56 valence electrons. The van der Waals surface area contributed by atoms with E-state index in [0.717, 1.165) is 0 Å². The Kier molecular flexibility index (Phi) is 6.33. The van der Waals surface area contributed by atoms with Crippen molar-refractivity contribution in [2.45, 2.75) is 10.7 Å². The van der Waals surface area contributed by atoms with Gasteiger partial charge in [0, 0.05) is 0 Å². The monoisotopic (exact) mass is 512 g/mol. The van der Waals surface area contributed by atoms with Crippen LogP contribution in [0.25, 0.3) is 0 Å². The first-order chi connectivity index (χ1) is 3.89. The lowest BCUT2D eigenvalue weighted by Gasteiger charge is -2.23. The molecule has 0 aliphatic heterocycles. The van der Waals surface area contributed by atoms with E-state index in [2.05, 4.69) is 95.6 Å². The first kappa shape index (κ1) is 11.9. The molecule has 6 heteroatoms. The van der Waals surface area contributed by atoms with E-state index in [-0.39, 0.29) is 10.7 Å². The van der Waals surface area contributed by atoms with Gasteiger partial charge >= 0.3 is 0 Å². The van der Waals surface area contributed by atoms with Crippen LogP contribution >= 0.6 is 95.6 Å². The zero-order chi connectivity index (χ0) is 7.65. The second-order valence-corrected chi connectivity index (χ2v) is 11.1. The van der Waals surface area contributed by atoms with Crippen LogP contribution < -0.4 is 0 Å². The Bertz CT molecular complexity index is 76.3. The van der Waals surface area contributed by atoms with Crippen molar-refractivity contribution >= 4 is 95.6 Å². The number of hydrogen-bond acceptors (Lipinski definition) is 0. The van der Waals surface area contributed by atoms with Crippen LogP contribution in [-0.4, -0.2) is 10.7 Å². The highest BCUT2D eigenvalue weighted by molar-refractivity contribution is 9.32. The standard InChI is InChI=1S/C3H2Br6/c4-1(5)3(8,9)2(6)7/h1-2H. The van der Waals surface area contributed by atoms with Gasteiger partial charge in [-0.15, -0.1) is 0 Å². The van der Waals surface area contributed by atoms with Crippen molar-refractivity contribution in [2.75, 3.05) is 0 Å². The minimum atomic E-state index is -0.208. The Hall–Kier alpha value is 2.88. The maximum Gasteiger partial charge on any atom is 0.125 e. The van der Waals surface area contributed by atoms with E-state index in [9.17, 15) is 0 Å². The maximum absolute atomic E-state index is 3.44. The first-order valence-corrected chi connectivity index (χ1v) is 7.08. The van der Waals surface area contributed by atoms with E-state index in [0.29, 0.717) is 0 Å². The lowest BCUT2D eigenvalue weighted by atomic mass is 10.6. The fraction of sp³-hybridized carbons (Fsp3) is 1.00. The summed E-state index contributed by atoms with van der Waals surface area (Å²) in [6.07, 6.45) is 0. The average Bonchev–Trinajstić information content (AvgIpc) is 1.65. The van der Waals surface area contributed by atoms with Crippen molar-refractivity contribution in [2.24, 2.45) is 0 Å². The molecule has 0 amide bonds. The van der Waals surface area contributed by atoms with Crippen LogP contribution in [0.5, 0.6) is 0 Å². The van der Waals surface area contributed by atoms with Gasteiger partial charge in [0.25, 0.3) is 0 Å². The summed E-state index contributed by atoms with van der Waals surface area (Å²) in [7, 11) is 0. The molecule has 0 aromatic carbocycles. The molecular formula is C3H2Br6. The van der Waals surface area contributed by atoms with E-state index < -0.39 is 0 Å². The molecule has 0 nitrogen and oxygen atoms in total. The third-order valence-corrected chi connectivity index (χ3v) is 10.2. The van der Waals surface area contributed by atoms with Crippen molar-refractivity contribution in [1.29, 1.82) is 0 Å². The van der Waals surface area contributed by atoms with Crippen molar-refractivity contribution in [3.8, 4) is 0 Å². The van der Waals surface area contributed by atoms with Crippen molar-refractivity contribution in [3.05, 3.63) is 0 Å². The topological polar surface area (TPSA) is 0 Å². The smallest absolute Gasteiger partial charge is 0.0739 e. The van der Waals surface area contributed by atoms with Gasteiger partial charge in [0.1, 0.15) is 3.23 Å². The fourth-order valence-corrected chi connectivity index (χ4v) is 2.57. The van der Waals surface area contributed by atoms with E-state index in [4.69, 9.17) is 0 Å². The molecule has 0 spiro atoms. The highest BCUT2D eigenvalue weighted by Gasteiger charge is 2.35. The first-order valence-electron chi connectivity index (χ1n) is 1.83. The fourth-order valence-electron chi connectivity index (χ4n) is 0.0952. The molecule has 0 heterocycles. The normalized spacial score (nSPS) is 13.3. The van der Waals surface area contributed by atoms with E-state index >= 15 is 0 Å². The molecular weight excluding hydrogens is 515 g/mol. The van der Waals surface area contributed by atoms with Gasteiger partial charge in [-0.3, -0.25) is 0 Å². The van der Waals surface area contributed by atoms with Crippen LogP contribution in [0.15, 0.2) is 0 Å². The summed E-state index contributed by atoms with van der Waals surface area (Å²) in [6, 6.07) is 0. The summed E-state index contributed by atoms with van der Waals surface area (Å²) in [5, 5.41) is 0. The van der Waals surface area contributed by atoms with Crippen LogP contribution in [0.2, 0.25) is 0 Å². The van der Waals surface area contributed by atoms with Gasteiger partial charge in [0.15, 0.2) is 0 Å². The maximum atomic E-state index is 3.44. The van der Waals surface area contributed by atoms with Gasteiger partial charge in [-0.2, -0.15) is 0 Å². The van der Waals surface area contributed by atoms with Gasteiger partial charge in [0.05, 0.1) is 7.47 Å². The van der Waals surface area contributed by atoms with Gasteiger partial charge < -0.3 is 0 Å². The predicted molar refractivity (Wildman–Crippen MR) is 63.9 cm³/mol. The summed E-state index contributed by atoms with van der Waals surface area (Å²) in [5.74, 6) is 0. The average molecular weight is 517 g/mol. The Morgan fingerprint density at radius 3 is 1.00 bits per heavy atom. The molecule has 0 saturated heterocycles. The van der Waals surface area contributed by atoms with Crippen LogP contribution in [0.4, 0.5) is 0 Å². The Morgan fingerprint density at radius 2 is 1.00 bits per heavy atom. The van der Waals surface area contributed by atoms with E-state index in [1.165, 1.54) is 0 Å². The van der Waals surface area contributed by atoms with Gasteiger partial charge in [-0.05, 0) is 0 Å². The summed E-state index contributed by atoms with van der Waals surface area (Å²) in [4.78, 5) is 0. The Balaban J connectivity index is 4.01. The van der Waals surface area contributed by atoms with E-state index in [1.807, 2.05) is 0 Å². The number of rotatable bonds is 2. The van der Waals surface area contributed by atoms with E-state index in [1.54, 1.807) is 0 Å². The largest absolute Gasteiger partial charge is 0.125 e. The van der Waals surface area contributed by atoms with Crippen LogP contribution in [0, 0.1) is 0 Å². The zero-order valence-corrected chi connectivity index (χ0v) is 13.4. The predicted octanol–water partition coefficient (Wildman–Crippen LogP) is 4.70. The summed E-state index contributed by atoms with van der Waals surface area (Å²) < 4.78 is 0.0995. The Morgan fingerprint density at radius 1 is 0.778 bits per heavy atom. The van der Waals surface area contributed by atoms with Gasteiger partial charge in [-0.25, -0.2) is 0 Å². The van der Waals surface area contributed by atoms with Gasteiger partial charge in [-0.1, -0.05) is 95.6 Å². The molecule has 0 N–H and O–H groups in total. The third-order valence-electron chi connectivity index (χ3n) is 0.582. The molecule has 0 fully saturated rings. The Labute approximate surface area is 105 Å². The van der Waals surface area contributed by atoms with Crippen molar-refractivity contribution < 1.29 is 0 Å². The SMILES string of the molecule is BrC(Br)C(Br)(Br)C(Br)Br. The number of halogens is 6. The van der Waals surface area contributed by atoms with Crippen LogP contribution in [0.3, 0.4) is 0 Å². The molecule has 9 heavy (non-hydrogen) atoms. The summed E-state index contributed by atoms with van der Waals surface area (Å²) in [5.41, 5.74) is 0. The quantitative estimate of drug-likeness (QED) is 0.466. The molecule has 0 saturated carbocycles. The minimum Gasteiger partial charge on any atom is -0.0739 e. The highest BCUT2D eigenvalue weighted by atomic mass is 79.9. The molecule has 0 aromatic rings. The van der Waals surface area contributed by atoms with Crippen LogP contribution in [-0.2, 0) is 0 Å². The lowest BCUT2D eigenvalue weighted by molar-refractivity contribution is 1.06. The number of alkyl halides is 6. The molecule has 0 radical (unpaired) electrons. The summed E-state index contributed by atoms with van der Waals surface area (Å²) in [6.45, 7) is 0. The van der Waals surface area contributed by atoms with Crippen LogP contribution in [0.1, 0.15) is 0 Å². The lowest BCUT2D eigenvalue weighted by Crippen LogP contribution is -2.26. The van der Waals surface area contributed by atoms with Gasteiger partial charge in [0.2, 0.25) is 0 Å². The second-order valence-electron chi connectivity index (χ2n) is 1.28. The molecule has 0 bridgehead atoms. The minimum absolute atomic E-state index is 0.154. The number of hydrogen-bond donors (Lipinski definition) is 0. The van der Waals surface area contributed by atoms with Crippen molar-refractivity contribution in [3.63, 3.8) is 0 Å².